The molecule has 23 heavy (non-hydrogen) atoms. The largest absolute Gasteiger partial charge is 0.506 e. The van der Waals surface area contributed by atoms with Crippen LogP contribution >= 0.6 is 0 Å². The van der Waals surface area contributed by atoms with Crippen molar-refractivity contribution in [2.45, 2.75) is 34.6 Å². The lowest BCUT2D eigenvalue weighted by atomic mass is 10.2. The van der Waals surface area contributed by atoms with Gasteiger partial charge in [-0.05, 0) is 42.0 Å². The van der Waals surface area contributed by atoms with Gasteiger partial charge in [-0.15, -0.1) is 15.0 Å². The Hall–Kier alpha value is -2.76. The predicted molar refractivity (Wildman–Crippen MR) is 91.5 cm³/mol. The highest BCUT2D eigenvalue weighted by Gasteiger charge is 2.08. The summed E-state index contributed by atoms with van der Waals surface area (Å²) in [6.45, 7) is 10.0. The van der Waals surface area contributed by atoms with Crippen LogP contribution in [0.2, 0.25) is 0 Å². The number of aromatic hydroxyl groups is 1. The minimum atomic E-state index is 0.106. The third-order valence-corrected chi connectivity index (χ3v) is 2.62. The van der Waals surface area contributed by atoms with Crippen molar-refractivity contribution in [3.8, 4) is 23.0 Å². The molecule has 0 aliphatic heterocycles. The number of tetrazole rings is 1. The van der Waals surface area contributed by atoms with Gasteiger partial charge in [-0.2, -0.15) is 0 Å². The summed E-state index contributed by atoms with van der Waals surface area (Å²) < 4.78 is 0. The number of hydrogen-bond donors (Lipinski definition) is 1. The Labute approximate surface area is 136 Å². The lowest BCUT2D eigenvalue weighted by molar-refractivity contribution is 0.473. The van der Waals surface area contributed by atoms with Crippen molar-refractivity contribution in [2.24, 2.45) is 0 Å². The van der Waals surface area contributed by atoms with Crippen molar-refractivity contribution in [1.29, 1.82) is 0 Å². The van der Waals surface area contributed by atoms with E-state index < -0.39 is 0 Å². The molecule has 0 radical (unpaired) electrons. The average molecular weight is 313 g/mol. The van der Waals surface area contributed by atoms with Crippen LogP contribution in [0.15, 0.2) is 42.6 Å². The van der Waals surface area contributed by atoms with E-state index in [1.165, 1.54) is 17.1 Å². The SMILES string of the molecule is CC.CC.Cc1cccc(-n2nnc(-c3ccc(O)cn3)n2)c1. The first-order valence-electron chi connectivity index (χ1n) is 7.75. The molecular weight excluding hydrogens is 290 g/mol. The minimum Gasteiger partial charge on any atom is -0.506 e. The second-order valence-corrected chi connectivity index (χ2v) is 4.14. The highest BCUT2D eigenvalue weighted by atomic mass is 16.3. The van der Waals surface area contributed by atoms with Crippen LogP contribution in [-0.4, -0.2) is 30.3 Å². The summed E-state index contributed by atoms with van der Waals surface area (Å²) in [7, 11) is 0. The van der Waals surface area contributed by atoms with Gasteiger partial charge in [0.05, 0.1) is 11.9 Å². The first kappa shape index (κ1) is 18.3. The van der Waals surface area contributed by atoms with Crippen molar-refractivity contribution in [3.05, 3.63) is 48.2 Å². The quantitative estimate of drug-likeness (QED) is 0.779. The number of aryl methyl sites for hydroxylation is 1. The van der Waals surface area contributed by atoms with E-state index in [1.807, 2.05) is 58.9 Å². The van der Waals surface area contributed by atoms with Crippen molar-refractivity contribution >= 4 is 0 Å². The monoisotopic (exact) mass is 313 g/mol. The van der Waals surface area contributed by atoms with Crippen molar-refractivity contribution in [2.75, 3.05) is 0 Å². The van der Waals surface area contributed by atoms with Gasteiger partial charge in [-0.25, -0.2) is 4.98 Å². The van der Waals surface area contributed by atoms with E-state index in [0.29, 0.717) is 11.5 Å². The molecule has 0 saturated carbocycles. The maximum absolute atomic E-state index is 9.19. The Bertz CT molecular complexity index is 707. The van der Waals surface area contributed by atoms with E-state index in [4.69, 9.17) is 0 Å². The molecule has 0 aliphatic rings. The number of hydrogen-bond acceptors (Lipinski definition) is 5. The van der Waals surface area contributed by atoms with E-state index in [0.717, 1.165) is 11.3 Å². The maximum atomic E-state index is 9.19. The predicted octanol–water partition coefficient (Wildman–Crippen LogP) is 3.79. The Morgan fingerprint density at radius 1 is 1.00 bits per heavy atom. The summed E-state index contributed by atoms with van der Waals surface area (Å²) in [5.41, 5.74) is 2.54. The minimum absolute atomic E-state index is 0.106. The standard InChI is InChI=1S/C13H11N5O.2C2H6/c1-9-3-2-4-10(7-9)18-16-13(15-17-18)12-6-5-11(19)8-14-12;2*1-2/h2-8,19H,1H3;2*1-2H3. The molecule has 2 heterocycles. The lowest BCUT2D eigenvalue weighted by Gasteiger charge is -1.98. The van der Waals surface area contributed by atoms with Crippen molar-refractivity contribution in [3.63, 3.8) is 0 Å². The van der Waals surface area contributed by atoms with Crippen LogP contribution < -0.4 is 0 Å². The van der Waals surface area contributed by atoms with Gasteiger partial charge in [0.25, 0.3) is 0 Å². The first-order chi connectivity index (χ1) is 11.2. The second kappa shape index (κ2) is 9.30. The van der Waals surface area contributed by atoms with Gasteiger partial charge < -0.3 is 5.11 Å². The molecule has 0 fully saturated rings. The molecule has 0 unspecified atom stereocenters. The molecule has 0 atom stereocenters. The number of pyridine rings is 1. The van der Waals surface area contributed by atoms with E-state index in [2.05, 4.69) is 20.4 Å². The fraction of sp³-hybridized carbons (Fsp3) is 0.294. The van der Waals surface area contributed by atoms with Gasteiger partial charge >= 0.3 is 0 Å². The summed E-state index contributed by atoms with van der Waals surface area (Å²) in [5, 5.41) is 21.4. The number of rotatable bonds is 2. The highest BCUT2D eigenvalue weighted by molar-refractivity contribution is 5.48. The van der Waals surface area contributed by atoms with E-state index in [1.54, 1.807) is 6.07 Å². The second-order valence-electron chi connectivity index (χ2n) is 4.14. The molecule has 0 bridgehead atoms. The zero-order chi connectivity index (χ0) is 17.2. The molecule has 6 heteroatoms. The molecule has 6 nitrogen and oxygen atoms in total. The zero-order valence-electron chi connectivity index (χ0n) is 14.2. The fourth-order valence-electron chi connectivity index (χ4n) is 1.70. The Morgan fingerprint density at radius 2 is 1.74 bits per heavy atom. The molecule has 1 N–H and O–H groups in total. The summed E-state index contributed by atoms with van der Waals surface area (Å²) in [6.07, 6.45) is 1.35. The number of nitrogens with zero attached hydrogens (tertiary/aromatic N) is 5. The average Bonchev–Trinajstić information content (AvgIpc) is 3.09. The molecule has 2 aromatic heterocycles. The molecule has 3 rings (SSSR count). The Kier molecular flexibility index (Phi) is 7.39. The molecular formula is C17H23N5O. The Morgan fingerprint density at radius 3 is 2.35 bits per heavy atom. The maximum Gasteiger partial charge on any atom is 0.223 e. The zero-order valence-corrected chi connectivity index (χ0v) is 14.2. The van der Waals surface area contributed by atoms with E-state index >= 15 is 0 Å². The van der Waals surface area contributed by atoms with Crippen LogP contribution in [-0.2, 0) is 0 Å². The van der Waals surface area contributed by atoms with Crippen LogP contribution in [0, 0.1) is 6.92 Å². The molecule has 0 spiro atoms. The van der Waals surface area contributed by atoms with Crippen LogP contribution in [0.25, 0.3) is 17.2 Å². The highest BCUT2D eigenvalue weighted by Crippen LogP contribution is 2.15. The smallest absolute Gasteiger partial charge is 0.223 e. The Balaban J connectivity index is 0.000000615. The van der Waals surface area contributed by atoms with Crippen molar-refractivity contribution < 1.29 is 5.11 Å². The summed E-state index contributed by atoms with van der Waals surface area (Å²) in [5.74, 6) is 0.524. The normalized spacial score (nSPS) is 9.26. The number of aromatic nitrogens is 5. The molecule has 0 amide bonds. The van der Waals surface area contributed by atoms with Crippen LogP contribution in [0.5, 0.6) is 5.75 Å². The summed E-state index contributed by atoms with van der Waals surface area (Å²) in [4.78, 5) is 5.50. The van der Waals surface area contributed by atoms with Gasteiger partial charge in [-0.1, -0.05) is 39.8 Å². The molecule has 0 saturated heterocycles. The molecule has 3 aromatic rings. The van der Waals surface area contributed by atoms with Gasteiger partial charge in [0.15, 0.2) is 0 Å². The third-order valence-electron chi connectivity index (χ3n) is 2.62. The van der Waals surface area contributed by atoms with Gasteiger partial charge in [-0.3, -0.25) is 0 Å². The third kappa shape index (κ3) is 4.88. The summed E-state index contributed by atoms with van der Waals surface area (Å²) >= 11 is 0. The van der Waals surface area contributed by atoms with E-state index in [-0.39, 0.29) is 5.75 Å². The number of benzene rings is 1. The van der Waals surface area contributed by atoms with Gasteiger partial charge in [0.1, 0.15) is 11.4 Å². The molecule has 122 valence electrons. The van der Waals surface area contributed by atoms with Gasteiger partial charge in [0.2, 0.25) is 5.82 Å². The summed E-state index contributed by atoms with van der Waals surface area (Å²) in [6, 6.07) is 11.0. The molecule has 1 aromatic carbocycles. The topological polar surface area (TPSA) is 76.7 Å². The fourth-order valence-corrected chi connectivity index (χ4v) is 1.70. The molecule has 0 aliphatic carbocycles. The van der Waals surface area contributed by atoms with Gasteiger partial charge in [0, 0.05) is 0 Å². The van der Waals surface area contributed by atoms with Crippen LogP contribution in [0.4, 0.5) is 0 Å². The first-order valence-corrected chi connectivity index (χ1v) is 7.75. The van der Waals surface area contributed by atoms with Crippen molar-refractivity contribution in [1.82, 2.24) is 25.2 Å². The lowest BCUT2D eigenvalue weighted by Crippen LogP contribution is -1.99. The van der Waals surface area contributed by atoms with Crippen LogP contribution in [0.3, 0.4) is 0 Å². The van der Waals surface area contributed by atoms with E-state index in [9.17, 15) is 5.11 Å². The van der Waals surface area contributed by atoms with Crippen LogP contribution in [0.1, 0.15) is 33.3 Å².